The first-order chi connectivity index (χ1) is 11.5. The number of aryl methyl sites for hydroxylation is 2. The van der Waals surface area contributed by atoms with Gasteiger partial charge >= 0.3 is 0 Å². The Bertz CT molecular complexity index is 846. The van der Waals surface area contributed by atoms with Gasteiger partial charge < -0.3 is 9.73 Å². The van der Waals surface area contributed by atoms with Gasteiger partial charge in [-0.3, -0.25) is 4.79 Å². The summed E-state index contributed by atoms with van der Waals surface area (Å²) in [5, 5.41) is 1.77. The quantitative estimate of drug-likeness (QED) is 0.881. The first-order valence-electron chi connectivity index (χ1n) is 8.16. The minimum absolute atomic E-state index is 0.0423. The molecule has 0 aliphatic carbocycles. The Balaban J connectivity index is 2.42. The molecule has 0 saturated heterocycles. The number of nitrogens with one attached hydrogen (secondary N) is 1. The van der Waals surface area contributed by atoms with E-state index >= 15 is 0 Å². The molecule has 0 bridgehead atoms. The van der Waals surface area contributed by atoms with E-state index in [1.807, 2.05) is 13.0 Å². The smallest absolute Gasteiger partial charge is 0.225 e. The molecule has 0 radical (unpaired) electrons. The Morgan fingerprint density at radius 1 is 1.20 bits per heavy atom. The zero-order chi connectivity index (χ0) is 18.8. The van der Waals surface area contributed by atoms with Crippen LogP contribution in [0, 0.1) is 19.3 Å². The van der Waals surface area contributed by atoms with Crippen LogP contribution in [0.25, 0.3) is 0 Å². The largest absolute Gasteiger partial charge is 0.468 e. The van der Waals surface area contributed by atoms with Crippen LogP contribution < -0.4 is 5.32 Å². The Morgan fingerprint density at radius 3 is 2.44 bits per heavy atom. The molecule has 136 valence electrons. The van der Waals surface area contributed by atoms with E-state index in [-0.39, 0.29) is 17.3 Å². The lowest BCUT2D eigenvalue weighted by Gasteiger charge is -2.22. The van der Waals surface area contributed by atoms with Gasteiger partial charge in [-0.25, -0.2) is 8.42 Å². The molecular weight excluding hydrogens is 338 g/mol. The molecule has 1 amide bonds. The van der Waals surface area contributed by atoms with Crippen molar-refractivity contribution in [3.8, 4) is 0 Å². The highest BCUT2D eigenvalue weighted by Crippen LogP contribution is 2.31. The van der Waals surface area contributed by atoms with Gasteiger partial charge in [0.05, 0.1) is 11.2 Å². The highest BCUT2D eigenvalue weighted by atomic mass is 32.2. The van der Waals surface area contributed by atoms with Crippen LogP contribution in [-0.2, 0) is 14.6 Å². The van der Waals surface area contributed by atoms with Gasteiger partial charge in [0.1, 0.15) is 11.0 Å². The third kappa shape index (κ3) is 4.31. The molecule has 25 heavy (non-hydrogen) atoms. The van der Waals surface area contributed by atoms with E-state index in [2.05, 4.69) is 5.32 Å². The second-order valence-corrected chi connectivity index (χ2v) is 9.38. The second-order valence-electron chi connectivity index (χ2n) is 7.28. The fourth-order valence-electron chi connectivity index (χ4n) is 2.46. The third-order valence-corrected chi connectivity index (χ3v) is 6.22. The minimum atomic E-state index is -3.73. The standard InChI is InChI=1S/C19H25NO4S/c1-13-8-9-14(2)16(11-13)25(22,23)17(15-7-6-10-24-15)12-20-18(21)19(3,4)5/h6-11,17H,12H2,1-5H3,(H,20,21)/t17-/m1/s1. The zero-order valence-corrected chi connectivity index (χ0v) is 16.1. The van der Waals surface area contributed by atoms with Crippen molar-refractivity contribution >= 4 is 15.7 Å². The number of carbonyl (C=O) groups is 1. The lowest BCUT2D eigenvalue weighted by molar-refractivity contribution is -0.128. The van der Waals surface area contributed by atoms with Gasteiger partial charge in [0.25, 0.3) is 0 Å². The van der Waals surface area contributed by atoms with Crippen LogP contribution in [0.1, 0.15) is 42.9 Å². The topological polar surface area (TPSA) is 76.4 Å². The molecule has 0 fully saturated rings. The van der Waals surface area contributed by atoms with E-state index in [0.717, 1.165) is 5.56 Å². The van der Waals surface area contributed by atoms with Crippen LogP contribution >= 0.6 is 0 Å². The van der Waals surface area contributed by atoms with Crippen molar-refractivity contribution < 1.29 is 17.6 Å². The maximum atomic E-state index is 13.3. The summed E-state index contributed by atoms with van der Waals surface area (Å²) in [4.78, 5) is 12.4. The number of hydrogen-bond donors (Lipinski definition) is 1. The van der Waals surface area contributed by atoms with Crippen molar-refractivity contribution in [1.82, 2.24) is 5.32 Å². The molecule has 1 N–H and O–H groups in total. The van der Waals surface area contributed by atoms with E-state index < -0.39 is 20.5 Å². The summed E-state index contributed by atoms with van der Waals surface area (Å²) < 4.78 is 31.9. The van der Waals surface area contributed by atoms with Crippen molar-refractivity contribution in [1.29, 1.82) is 0 Å². The van der Waals surface area contributed by atoms with E-state index in [9.17, 15) is 13.2 Å². The molecular formula is C19H25NO4S. The summed E-state index contributed by atoms with van der Waals surface area (Å²) in [6.45, 7) is 8.91. The molecule has 0 unspecified atom stereocenters. The lowest BCUT2D eigenvalue weighted by atomic mass is 9.96. The maximum Gasteiger partial charge on any atom is 0.225 e. The number of benzene rings is 1. The van der Waals surface area contributed by atoms with Gasteiger partial charge in [-0.05, 0) is 43.2 Å². The fourth-order valence-corrected chi connectivity index (χ4v) is 4.37. The van der Waals surface area contributed by atoms with Gasteiger partial charge in [-0.15, -0.1) is 0 Å². The molecule has 1 atom stereocenters. The van der Waals surface area contributed by atoms with E-state index in [1.54, 1.807) is 52.0 Å². The van der Waals surface area contributed by atoms with Crippen LogP contribution in [-0.4, -0.2) is 20.9 Å². The Kier molecular flexibility index (Phi) is 5.42. The molecule has 0 aliphatic heterocycles. The Labute approximate surface area is 149 Å². The molecule has 2 rings (SSSR count). The number of furan rings is 1. The first-order valence-corrected chi connectivity index (χ1v) is 9.71. The summed E-state index contributed by atoms with van der Waals surface area (Å²) >= 11 is 0. The van der Waals surface area contributed by atoms with E-state index in [0.29, 0.717) is 11.3 Å². The lowest BCUT2D eigenvalue weighted by Crippen LogP contribution is -2.38. The molecule has 1 heterocycles. The molecule has 2 aromatic rings. The molecule has 1 aromatic carbocycles. The van der Waals surface area contributed by atoms with Crippen molar-refractivity contribution in [2.75, 3.05) is 6.54 Å². The maximum absolute atomic E-state index is 13.3. The first kappa shape index (κ1) is 19.2. The van der Waals surface area contributed by atoms with Gasteiger partial charge in [0.2, 0.25) is 5.91 Å². The number of hydrogen-bond acceptors (Lipinski definition) is 4. The van der Waals surface area contributed by atoms with Crippen LogP contribution in [0.4, 0.5) is 0 Å². The predicted octanol–water partition coefficient (Wildman–Crippen LogP) is 3.57. The fraction of sp³-hybridized carbons (Fsp3) is 0.421. The van der Waals surface area contributed by atoms with Crippen molar-refractivity contribution in [2.24, 2.45) is 5.41 Å². The minimum Gasteiger partial charge on any atom is -0.468 e. The predicted molar refractivity (Wildman–Crippen MR) is 97.0 cm³/mol. The summed E-state index contributed by atoms with van der Waals surface area (Å²) in [6.07, 6.45) is 1.44. The van der Waals surface area contributed by atoms with Crippen LogP contribution in [0.15, 0.2) is 45.9 Å². The Hall–Kier alpha value is -2.08. The van der Waals surface area contributed by atoms with Crippen LogP contribution in [0.5, 0.6) is 0 Å². The van der Waals surface area contributed by atoms with Crippen molar-refractivity contribution in [3.05, 3.63) is 53.5 Å². The van der Waals surface area contributed by atoms with Gasteiger partial charge in [-0.2, -0.15) is 0 Å². The Morgan fingerprint density at radius 2 is 1.88 bits per heavy atom. The highest BCUT2D eigenvalue weighted by molar-refractivity contribution is 7.91. The molecule has 6 heteroatoms. The third-order valence-electron chi connectivity index (χ3n) is 4.01. The highest BCUT2D eigenvalue weighted by Gasteiger charge is 2.34. The van der Waals surface area contributed by atoms with Gasteiger partial charge in [0, 0.05) is 12.0 Å². The second kappa shape index (κ2) is 7.04. The summed E-state index contributed by atoms with van der Waals surface area (Å²) in [7, 11) is -3.73. The van der Waals surface area contributed by atoms with E-state index in [4.69, 9.17) is 4.42 Å². The molecule has 0 saturated carbocycles. The van der Waals surface area contributed by atoms with Gasteiger partial charge in [0.15, 0.2) is 9.84 Å². The van der Waals surface area contributed by atoms with E-state index in [1.165, 1.54) is 6.26 Å². The summed E-state index contributed by atoms with van der Waals surface area (Å²) in [5.41, 5.74) is 0.932. The number of carbonyl (C=O) groups excluding carboxylic acids is 1. The number of amides is 1. The SMILES string of the molecule is Cc1ccc(C)c(S(=O)(=O)[C@H](CNC(=O)C(C)(C)C)c2ccco2)c1. The zero-order valence-electron chi connectivity index (χ0n) is 15.3. The van der Waals surface area contributed by atoms with Crippen molar-refractivity contribution in [3.63, 3.8) is 0 Å². The molecule has 5 nitrogen and oxygen atoms in total. The average Bonchev–Trinajstić information content (AvgIpc) is 3.02. The molecule has 0 aliphatic rings. The number of sulfone groups is 1. The average molecular weight is 363 g/mol. The van der Waals surface area contributed by atoms with Crippen LogP contribution in [0.3, 0.4) is 0 Å². The summed E-state index contributed by atoms with van der Waals surface area (Å²) in [5.74, 6) is 0.107. The van der Waals surface area contributed by atoms with Gasteiger partial charge in [-0.1, -0.05) is 32.9 Å². The monoisotopic (exact) mass is 363 g/mol. The normalized spacial score (nSPS) is 13.5. The van der Waals surface area contributed by atoms with Crippen LogP contribution in [0.2, 0.25) is 0 Å². The summed E-state index contributed by atoms with van der Waals surface area (Å²) in [6, 6.07) is 8.59. The molecule has 1 aromatic heterocycles. The number of rotatable bonds is 5. The molecule has 0 spiro atoms. The van der Waals surface area contributed by atoms with Crippen molar-refractivity contribution in [2.45, 2.75) is 44.8 Å².